The van der Waals surface area contributed by atoms with Crippen molar-refractivity contribution in [1.29, 1.82) is 0 Å². The number of hydrogen-bond donors (Lipinski definition) is 2. The highest BCUT2D eigenvalue weighted by Crippen LogP contribution is 2.49. The van der Waals surface area contributed by atoms with E-state index in [1.807, 2.05) is 0 Å². The Kier molecular flexibility index (Phi) is 4.54. The van der Waals surface area contributed by atoms with Crippen molar-refractivity contribution in [3.63, 3.8) is 0 Å². The van der Waals surface area contributed by atoms with Gasteiger partial charge in [-0.3, -0.25) is 14.4 Å². The zero-order valence-electron chi connectivity index (χ0n) is 15.9. The summed E-state index contributed by atoms with van der Waals surface area (Å²) < 4.78 is 42.0. The molecule has 5 rings (SSSR count). The van der Waals surface area contributed by atoms with E-state index >= 15 is 0 Å². The van der Waals surface area contributed by atoms with Crippen LogP contribution < -0.4 is 10.7 Å². The summed E-state index contributed by atoms with van der Waals surface area (Å²) in [4.78, 5) is 39.7. The predicted molar refractivity (Wildman–Crippen MR) is 104 cm³/mol. The molecule has 162 valence electrons. The topological polar surface area (TPSA) is 91.6 Å². The van der Waals surface area contributed by atoms with Gasteiger partial charge >= 0.3 is 0 Å². The molecule has 3 atom stereocenters. The Morgan fingerprint density at radius 3 is 2.55 bits per heavy atom. The molecule has 2 aromatic rings. The maximum atomic E-state index is 13.8. The Balaban J connectivity index is 1.43. The van der Waals surface area contributed by atoms with E-state index in [1.54, 1.807) is 16.7 Å². The summed E-state index contributed by atoms with van der Waals surface area (Å²) in [5.74, 6) is -5.72. The minimum absolute atomic E-state index is 0.0919. The number of nitrogens with one attached hydrogen (secondary N) is 1. The molecule has 1 aromatic carbocycles. The van der Waals surface area contributed by atoms with Gasteiger partial charge < -0.3 is 19.9 Å². The molecule has 1 aliphatic carbocycles. The number of fused-ring (bicyclic) bond motifs is 4. The van der Waals surface area contributed by atoms with Crippen molar-refractivity contribution in [2.24, 2.45) is 0 Å². The van der Waals surface area contributed by atoms with E-state index in [0.29, 0.717) is 23.9 Å². The van der Waals surface area contributed by atoms with E-state index in [-0.39, 0.29) is 17.1 Å². The third-order valence-corrected chi connectivity index (χ3v) is 7.59. The summed E-state index contributed by atoms with van der Waals surface area (Å²) in [5.41, 5.74) is -2.24. The highest BCUT2D eigenvalue weighted by molar-refractivity contribution is 8.00. The van der Waals surface area contributed by atoms with Crippen molar-refractivity contribution in [2.45, 2.75) is 42.6 Å². The van der Waals surface area contributed by atoms with Gasteiger partial charge in [0.2, 0.25) is 5.43 Å². The zero-order valence-corrected chi connectivity index (χ0v) is 16.7. The van der Waals surface area contributed by atoms with Crippen LogP contribution in [0.1, 0.15) is 39.3 Å². The number of thioether (sulfide) groups is 1. The van der Waals surface area contributed by atoms with Crippen LogP contribution in [0.5, 0.6) is 5.75 Å². The quantitative estimate of drug-likeness (QED) is 0.745. The van der Waals surface area contributed by atoms with Crippen LogP contribution in [0.15, 0.2) is 23.1 Å². The number of aromatic hydroxyl groups is 1. The first-order valence-corrected chi connectivity index (χ1v) is 10.6. The lowest BCUT2D eigenvalue weighted by Crippen LogP contribution is -2.52. The summed E-state index contributed by atoms with van der Waals surface area (Å²) in [7, 11) is 0. The Morgan fingerprint density at radius 1 is 1.19 bits per heavy atom. The molecule has 1 saturated carbocycles. The summed E-state index contributed by atoms with van der Waals surface area (Å²) in [6.45, 7) is -0.332. The lowest BCUT2D eigenvalue weighted by molar-refractivity contribution is 0.0531. The van der Waals surface area contributed by atoms with E-state index in [0.717, 1.165) is 12.8 Å². The lowest BCUT2D eigenvalue weighted by Gasteiger charge is -2.39. The fraction of sp³-hybridized carbons (Fsp3) is 0.350. The van der Waals surface area contributed by atoms with Crippen LogP contribution in [0.4, 0.5) is 13.2 Å². The van der Waals surface area contributed by atoms with E-state index in [4.69, 9.17) is 0 Å². The predicted octanol–water partition coefficient (Wildman–Crippen LogP) is 1.96. The van der Waals surface area contributed by atoms with Crippen LogP contribution in [0.25, 0.3) is 0 Å². The number of amides is 2. The molecule has 3 heterocycles. The molecule has 2 N–H and O–H groups in total. The van der Waals surface area contributed by atoms with Gasteiger partial charge in [-0.15, -0.1) is 11.8 Å². The van der Waals surface area contributed by atoms with Crippen LogP contribution >= 0.6 is 11.8 Å². The number of aromatic nitrogens is 1. The van der Waals surface area contributed by atoms with Crippen molar-refractivity contribution < 1.29 is 27.9 Å². The van der Waals surface area contributed by atoms with Gasteiger partial charge in [0.15, 0.2) is 11.4 Å². The van der Waals surface area contributed by atoms with Gasteiger partial charge in [-0.25, -0.2) is 13.2 Å². The molecule has 2 fully saturated rings. The molecule has 0 radical (unpaired) electrons. The number of pyridine rings is 1. The first-order valence-electron chi connectivity index (χ1n) is 9.62. The van der Waals surface area contributed by atoms with Crippen LogP contribution in [-0.2, 0) is 13.1 Å². The second kappa shape index (κ2) is 7.04. The third-order valence-electron chi connectivity index (χ3n) is 6.00. The minimum Gasteiger partial charge on any atom is -0.503 e. The normalized spacial score (nSPS) is 23.6. The molecular weight excluding hydrogens is 435 g/mol. The molecule has 3 aliphatic rings. The number of carbonyl (C=O) groups is 2. The minimum atomic E-state index is -1.18. The number of carbonyl (C=O) groups excluding carboxylic acids is 2. The Labute approximate surface area is 177 Å². The average molecular weight is 451 g/mol. The van der Waals surface area contributed by atoms with Crippen molar-refractivity contribution >= 4 is 23.6 Å². The molecule has 11 heteroatoms. The monoisotopic (exact) mass is 451 g/mol. The standard InChI is InChI=1S/C20H16F3N3O4S/c21-8-3-11(22)9(12(23)4-8)5-24-19(29)10-6-25-7-15-26(13-1-2-14(13)31-15)20(30)16(25)18(28)17(10)27/h3-4,6,13-15,28H,1-2,5,7H2,(H,24,29)/t13?,14-,15?/m0/s1. The molecule has 2 amide bonds. The van der Waals surface area contributed by atoms with Crippen molar-refractivity contribution in [3.8, 4) is 5.75 Å². The smallest absolute Gasteiger partial charge is 0.275 e. The molecule has 1 aromatic heterocycles. The van der Waals surface area contributed by atoms with E-state index in [9.17, 15) is 32.7 Å². The Hall–Kier alpha value is -2.95. The molecule has 2 unspecified atom stereocenters. The average Bonchev–Trinajstić information content (AvgIpc) is 2.93. The number of nitrogens with zero attached hydrogens (tertiary/aromatic N) is 2. The highest BCUT2D eigenvalue weighted by Gasteiger charge is 2.52. The molecule has 1 saturated heterocycles. The van der Waals surface area contributed by atoms with Crippen LogP contribution in [0, 0.1) is 17.5 Å². The van der Waals surface area contributed by atoms with Gasteiger partial charge in [-0.2, -0.15) is 0 Å². The van der Waals surface area contributed by atoms with Crippen molar-refractivity contribution in [2.75, 3.05) is 0 Å². The number of rotatable bonds is 3. The maximum Gasteiger partial charge on any atom is 0.275 e. The van der Waals surface area contributed by atoms with Crippen molar-refractivity contribution in [3.05, 3.63) is 62.8 Å². The van der Waals surface area contributed by atoms with Gasteiger partial charge in [0, 0.05) is 41.7 Å². The van der Waals surface area contributed by atoms with Crippen molar-refractivity contribution in [1.82, 2.24) is 14.8 Å². The number of benzene rings is 1. The first kappa shape index (κ1) is 20.0. The second-order valence-corrected chi connectivity index (χ2v) is 9.16. The molecular formula is C20H16F3N3O4S. The van der Waals surface area contributed by atoms with Crippen LogP contribution in [0.2, 0.25) is 0 Å². The Morgan fingerprint density at radius 2 is 1.90 bits per heavy atom. The van der Waals surface area contributed by atoms with Gasteiger partial charge in [0.25, 0.3) is 11.8 Å². The fourth-order valence-corrected chi connectivity index (χ4v) is 6.05. The fourth-order valence-electron chi connectivity index (χ4n) is 4.30. The van der Waals surface area contributed by atoms with Gasteiger partial charge in [-0.05, 0) is 12.8 Å². The third kappa shape index (κ3) is 3.01. The maximum absolute atomic E-state index is 13.8. The van der Waals surface area contributed by atoms with E-state index < -0.39 is 58.1 Å². The second-order valence-electron chi connectivity index (χ2n) is 7.74. The Bertz CT molecular complexity index is 1180. The molecule has 31 heavy (non-hydrogen) atoms. The summed E-state index contributed by atoms with van der Waals surface area (Å²) >= 11 is 1.66. The first-order chi connectivity index (χ1) is 14.8. The van der Waals surface area contributed by atoms with E-state index in [2.05, 4.69) is 5.32 Å². The number of hydrogen-bond acceptors (Lipinski definition) is 5. The van der Waals surface area contributed by atoms with Crippen LogP contribution in [-0.4, -0.2) is 43.1 Å². The molecule has 2 aliphatic heterocycles. The SMILES string of the molecule is O=C(NCc1c(F)cc(F)cc1F)c1cn2c(c(O)c1=O)C(=O)N1C(C2)S[C@H]2CCC21. The molecule has 0 spiro atoms. The highest BCUT2D eigenvalue weighted by atomic mass is 32.2. The summed E-state index contributed by atoms with van der Waals surface area (Å²) in [5, 5.41) is 12.8. The molecule has 0 bridgehead atoms. The largest absolute Gasteiger partial charge is 0.503 e. The summed E-state index contributed by atoms with van der Waals surface area (Å²) in [6, 6.07) is 1.05. The van der Waals surface area contributed by atoms with Gasteiger partial charge in [0.1, 0.15) is 23.0 Å². The zero-order chi connectivity index (χ0) is 22.0. The lowest BCUT2D eigenvalue weighted by atomic mass is 9.90. The van der Waals surface area contributed by atoms with Gasteiger partial charge in [0.05, 0.1) is 11.9 Å². The molecule has 7 nitrogen and oxygen atoms in total. The van der Waals surface area contributed by atoms with Gasteiger partial charge in [-0.1, -0.05) is 0 Å². The van der Waals surface area contributed by atoms with Crippen LogP contribution in [0.3, 0.4) is 0 Å². The van der Waals surface area contributed by atoms with E-state index in [1.165, 1.54) is 10.8 Å². The number of halogens is 3. The summed E-state index contributed by atoms with van der Waals surface area (Å²) in [6.07, 6.45) is 3.06.